The third-order valence-corrected chi connectivity index (χ3v) is 4.33. The van der Waals surface area contributed by atoms with Crippen LogP contribution in [0.4, 0.5) is 0 Å². The van der Waals surface area contributed by atoms with E-state index in [1.54, 1.807) is 24.4 Å². The summed E-state index contributed by atoms with van der Waals surface area (Å²) in [6.45, 7) is 3.69. The molecule has 0 bridgehead atoms. The van der Waals surface area contributed by atoms with E-state index in [4.69, 9.17) is 16.3 Å². The van der Waals surface area contributed by atoms with Crippen molar-refractivity contribution >= 4 is 23.2 Å². The van der Waals surface area contributed by atoms with Gasteiger partial charge in [0.1, 0.15) is 12.3 Å². The van der Waals surface area contributed by atoms with E-state index >= 15 is 0 Å². The Kier molecular flexibility index (Phi) is 5.38. The molecule has 0 aliphatic rings. The van der Waals surface area contributed by atoms with Crippen molar-refractivity contribution in [3.63, 3.8) is 0 Å². The van der Waals surface area contributed by atoms with Crippen LogP contribution in [-0.4, -0.2) is 15.4 Å². The third kappa shape index (κ3) is 4.29. The molecular formula is C20H19ClN2O3. The number of rotatable bonds is 5. The molecule has 0 saturated carbocycles. The molecule has 0 N–H and O–H groups in total. The fraction of sp³-hybridized carbons (Fsp3) is 0.250. The van der Waals surface area contributed by atoms with Gasteiger partial charge in [-0.2, -0.15) is 0 Å². The first kappa shape index (κ1) is 18.1. The highest BCUT2D eigenvalue weighted by Gasteiger charge is 2.16. The molecule has 5 nitrogen and oxygen atoms in total. The largest absolute Gasteiger partial charge is 0.459 e. The summed E-state index contributed by atoms with van der Waals surface area (Å²) < 4.78 is 6.81. The summed E-state index contributed by atoms with van der Waals surface area (Å²) in [5.41, 5.74) is 2.75. The predicted molar refractivity (Wildman–Crippen MR) is 100 cm³/mol. The number of ether oxygens (including phenoxy) is 1. The molecule has 0 amide bonds. The lowest BCUT2D eigenvalue weighted by molar-refractivity contribution is -0.149. The minimum atomic E-state index is -0.328. The van der Waals surface area contributed by atoms with Crippen LogP contribution in [0.1, 0.15) is 23.7 Å². The van der Waals surface area contributed by atoms with E-state index in [-0.39, 0.29) is 24.1 Å². The van der Waals surface area contributed by atoms with Gasteiger partial charge >= 0.3 is 5.97 Å². The monoisotopic (exact) mass is 370 g/mol. The molecule has 2 heterocycles. The second-order valence-corrected chi connectivity index (χ2v) is 6.80. The summed E-state index contributed by atoms with van der Waals surface area (Å²) in [6, 6.07) is 12.4. The number of pyridine rings is 1. The summed E-state index contributed by atoms with van der Waals surface area (Å²) in [5.74, 6) is -0.633. The van der Waals surface area contributed by atoms with E-state index in [9.17, 15) is 9.59 Å². The fourth-order valence-electron chi connectivity index (χ4n) is 2.68. The van der Waals surface area contributed by atoms with E-state index < -0.39 is 0 Å². The number of esters is 1. The van der Waals surface area contributed by atoms with Gasteiger partial charge in [0.25, 0.3) is 5.56 Å². The van der Waals surface area contributed by atoms with E-state index in [0.717, 1.165) is 11.1 Å². The smallest absolute Gasteiger partial charge is 0.309 e. The molecule has 6 heteroatoms. The second kappa shape index (κ2) is 7.70. The Bertz CT molecular complexity index is 996. The Hall–Kier alpha value is -2.66. The van der Waals surface area contributed by atoms with Gasteiger partial charge < -0.3 is 4.74 Å². The lowest BCUT2D eigenvalue weighted by atomic mass is 10.0. The van der Waals surface area contributed by atoms with Gasteiger partial charge in [-0.3, -0.25) is 14.0 Å². The van der Waals surface area contributed by atoms with Crippen LogP contribution in [0.5, 0.6) is 0 Å². The molecule has 1 atom stereocenters. The van der Waals surface area contributed by atoms with Gasteiger partial charge in [0, 0.05) is 17.3 Å². The van der Waals surface area contributed by atoms with Crippen LogP contribution in [0.15, 0.2) is 53.5 Å². The van der Waals surface area contributed by atoms with Crippen LogP contribution in [0.2, 0.25) is 5.02 Å². The average Bonchev–Trinajstić information content (AvgIpc) is 2.62. The van der Waals surface area contributed by atoms with E-state index in [2.05, 4.69) is 4.98 Å². The first-order valence-electron chi connectivity index (χ1n) is 8.32. The molecule has 1 aromatic carbocycles. The van der Waals surface area contributed by atoms with Crippen molar-refractivity contribution in [3.05, 3.63) is 80.9 Å². The Balaban J connectivity index is 1.65. The highest BCUT2D eigenvalue weighted by atomic mass is 35.5. The molecule has 0 radical (unpaired) electrons. The van der Waals surface area contributed by atoms with Crippen LogP contribution in [0, 0.1) is 12.8 Å². The molecule has 0 aliphatic heterocycles. The van der Waals surface area contributed by atoms with Gasteiger partial charge in [-0.05, 0) is 42.7 Å². The topological polar surface area (TPSA) is 60.7 Å². The van der Waals surface area contributed by atoms with Crippen LogP contribution >= 0.6 is 11.6 Å². The van der Waals surface area contributed by atoms with Crippen molar-refractivity contribution in [2.75, 3.05) is 0 Å². The quantitative estimate of drug-likeness (QED) is 0.644. The number of aryl methyl sites for hydroxylation is 1. The molecule has 134 valence electrons. The van der Waals surface area contributed by atoms with Crippen LogP contribution in [0.25, 0.3) is 5.65 Å². The minimum Gasteiger partial charge on any atom is -0.459 e. The van der Waals surface area contributed by atoms with Gasteiger partial charge in [0.15, 0.2) is 0 Å². The average molecular weight is 371 g/mol. The number of benzene rings is 1. The summed E-state index contributed by atoms with van der Waals surface area (Å²) >= 11 is 5.87. The van der Waals surface area contributed by atoms with E-state index in [1.807, 2.05) is 32.0 Å². The molecule has 1 unspecified atom stereocenters. The first-order valence-corrected chi connectivity index (χ1v) is 8.70. The molecular weight excluding hydrogens is 352 g/mol. The number of hydrogen-bond acceptors (Lipinski definition) is 4. The highest BCUT2D eigenvalue weighted by Crippen LogP contribution is 2.14. The SMILES string of the molecule is Cc1ccc2nc(COC(=O)C(C)Cc3ccc(Cl)cc3)cc(=O)n2c1. The molecule has 3 rings (SSSR count). The molecule has 26 heavy (non-hydrogen) atoms. The van der Waals surface area contributed by atoms with Gasteiger partial charge in [0.05, 0.1) is 11.6 Å². The van der Waals surface area contributed by atoms with Crippen molar-refractivity contribution in [1.82, 2.24) is 9.38 Å². The minimum absolute atomic E-state index is 0.0244. The Morgan fingerprint density at radius 2 is 1.96 bits per heavy atom. The number of halogens is 1. The second-order valence-electron chi connectivity index (χ2n) is 6.36. The summed E-state index contributed by atoms with van der Waals surface area (Å²) in [5, 5.41) is 0.660. The summed E-state index contributed by atoms with van der Waals surface area (Å²) in [7, 11) is 0. The Morgan fingerprint density at radius 1 is 1.23 bits per heavy atom. The standard InChI is InChI=1S/C20H19ClN2O3/c1-13-3-8-18-22-17(10-19(24)23(18)11-13)12-26-20(25)14(2)9-15-4-6-16(21)7-5-15/h3-8,10-11,14H,9,12H2,1-2H3. The van der Waals surface area contributed by atoms with Gasteiger partial charge in [-0.1, -0.05) is 36.7 Å². The summed E-state index contributed by atoms with van der Waals surface area (Å²) in [6.07, 6.45) is 2.29. The van der Waals surface area contributed by atoms with Gasteiger partial charge in [-0.15, -0.1) is 0 Å². The van der Waals surface area contributed by atoms with Crippen molar-refractivity contribution in [2.24, 2.45) is 5.92 Å². The Morgan fingerprint density at radius 3 is 2.69 bits per heavy atom. The van der Waals surface area contributed by atoms with Crippen LogP contribution in [0.3, 0.4) is 0 Å². The third-order valence-electron chi connectivity index (χ3n) is 4.08. The van der Waals surface area contributed by atoms with E-state index in [1.165, 1.54) is 10.5 Å². The number of fused-ring (bicyclic) bond motifs is 1. The Labute approximate surface area is 156 Å². The lowest BCUT2D eigenvalue weighted by Gasteiger charge is -2.12. The predicted octanol–water partition coefficient (Wildman–Crippen LogP) is 3.58. The highest BCUT2D eigenvalue weighted by molar-refractivity contribution is 6.30. The zero-order valence-corrected chi connectivity index (χ0v) is 15.4. The molecule has 0 fully saturated rings. The number of carbonyl (C=O) groups excluding carboxylic acids is 1. The lowest BCUT2D eigenvalue weighted by Crippen LogP contribution is -2.19. The molecule has 0 aliphatic carbocycles. The number of nitrogens with zero attached hydrogens (tertiary/aromatic N) is 2. The number of carbonyl (C=O) groups is 1. The molecule has 0 spiro atoms. The van der Waals surface area contributed by atoms with Crippen molar-refractivity contribution in [3.8, 4) is 0 Å². The maximum absolute atomic E-state index is 12.2. The maximum atomic E-state index is 12.2. The zero-order valence-electron chi connectivity index (χ0n) is 14.6. The molecule has 3 aromatic rings. The summed E-state index contributed by atoms with van der Waals surface area (Å²) in [4.78, 5) is 28.8. The van der Waals surface area contributed by atoms with Crippen molar-refractivity contribution in [1.29, 1.82) is 0 Å². The normalized spacial score (nSPS) is 12.1. The van der Waals surface area contributed by atoms with Gasteiger partial charge in [-0.25, -0.2) is 4.98 Å². The van der Waals surface area contributed by atoms with Crippen LogP contribution < -0.4 is 5.56 Å². The molecule has 2 aromatic heterocycles. The number of hydrogen-bond donors (Lipinski definition) is 0. The van der Waals surface area contributed by atoms with Crippen molar-refractivity contribution < 1.29 is 9.53 Å². The van der Waals surface area contributed by atoms with Gasteiger partial charge in [0.2, 0.25) is 0 Å². The fourth-order valence-corrected chi connectivity index (χ4v) is 2.80. The maximum Gasteiger partial charge on any atom is 0.309 e. The zero-order chi connectivity index (χ0) is 18.7. The van der Waals surface area contributed by atoms with Crippen LogP contribution in [-0.2, 0) is 22.6 Å². The van der Waals surface area contributed by atoms with Crippen molar-refractivity contribution in [2.45, 2.75) is 26.9 Å². The van der Waals surface area contributed by atoms with E-state index in [0.29, 0.717) is 22.8 Å². The molecule has 0 saturated heterocycles. The first-order chi connectivity index (χ1) is 12.4. The number of aromatic nitrogens is 2.